The molecule has 10 heteroatoms. The van der Waals surface area contributed by atoms with E-state index >= 15 is 0 Å². The first kappa shape index (κ1) is 32.2. The number of hydrogen-bond donors (Lipinski definition) is 3. The van der Waals surface area contributed by atoms with E-state index in [-0.39, 0.29) is 17.4 Å². The first-order valence-corrected chi connectivity index (χ1v) is 16.4. The molecule has 0 aliphatic heterocycles. The number of amides is 3. The van der Waals surface area contributed by atoms with E-state index in [1.54, 1.807) is 48.5 Å². The summed E-state index contributed by atoms with van der Waals surface area (Å²) in [6.07, 6.45) is 1.64. The van der Waals surface area contributed by atoms with Crippen molar-refractivity contribution in [3.8, 4) is 17.0 Å². The van der Waals surface area contributed by atoms with Gasteiger partial charge >= 0.3 is 0 Å². The molecule has 0 atom stereocenters. The van der Waals surface area contributed by atoms with Crippen LogP contribution in [0.4, 0.5) is 10.8 Å². The summed E-state index contributed by atoms with van der Waals surface area (Å²) in [6.45, 7) is 4.50. The van der Waals surface area contributed by atoms with E-state index in [4.69, 9.17) is 4.74 Å². The van der Waals surface area contributed by atoms with Crippen molar-refractivity contribution < 1.29 is 19.1 Å². The lowest BCUT2D eigenvalue weighted by Gasteiger charge is -2.12. The van der Waals surface area contributed by atoms with Crippen LogP contribution in [-0.2, 0) is 9.59 Å². The van der Waals surface area contributed by atoms with Gasteiger partial charge in [0.05, 0.1) is 18.1 Å². The van der Waals surface area contributed by atoms with Gasteiger partial charge in [-0.2, -0.15) is 0 Å². The number of aryl methyl sites for hydroxylation is 1. The van der Waals surface area contributed by atoms with Crippen LogP contribution >= 0.6 is 23.1 Å². The highest BCUT2D eigenvalue weighted by atomic mass is 32.2. The molecule has 46 heavy (non-hydrogen) atoms. The number of thiazole rings is 1. The first-order chi connectivity index (χ1) is 22.4. The van der Waals surface area contributed by atoms with Gasteiger partial charge in [0.1, 0.15) is 11.4 Å². The van der Waals surface area contributed by atoms with Crippen LogP contribution in [0.25, 0.3) is 17.3 Å². The standard InChI is InChI=1S/C36H32N4O4S2/c1-3-44-29-17-15-26(16-18-29)32-22-46-36(39-32)40-33(41)23-45-30-14-8-13-28(21-30)37-35(43)31(20-25-10-7-9-24(2)19-25)38-34(42)27-11-5-4-6-12-27/h4-22H,3,23H2,1-2H3,(H,37,43)(H,38,42)(H,39,40,41)/b31-20+. The van der Waals surface area contributed by atoms with E-state index in [0.29, 0.717) is 23.0 Å². The Labute approximate surface area is 275 Å². The summed E-state index contributed by atoms with van der Waals surface area (Å²) >= 11 is 2.69. The summed E-state index contributed by atoms with van der Waals surface area (Å²) in [5.41, 5.74) is 4.58. The third-order valence-corrected chi connectivity index (χ3v) is 8.31. The Bertz CT molecular complexity index is 1850. The molecule has 0 fully saturated rings. The monoisotopic (exact) mass is 648 g/mol. The average molecular weight is 649 g/mol. The second-order valence-electron chi connectivity index (χ2n) is 10.1. The van der Waals surface area contributed by atoms with Gasteiger partial charge in [-0.15, -0.1) is 23.1 Å². The topological polar surface area (TPSA) is 109 Å². The molecule has 0 radical (unpaired) electrons. The molecule has 0 unspecified atom stereocenters. The van der Waals surface area contributed by atoms with Crippen molar-refractivity contribution in [1.82, 2.24) is 10.3 Å². The van der Waals surface area contributed by atoms with Gasteiger partial charge in [0, 0.05) is 27.1 Å². The van der Waals surface area contributed by atoms with Crippen molar-refractivity contribution in [2.75, 3.05) is 23.0 Å². The molecule has 0 aliphatic rings. The molecule has 0 spiro atoms. The largest absolute Gasteiger partial charge is 0.494 e. The third-order valence-electron chi connectivity index (χ3n) is 6.56. The van der Waals surface area contributed by atoms with Crippen molar-refractivity contribution in [3.05, 3.63) is 131 Å². The molecule has 3 amide bonds. The average Bonchev–Trinajstić information content (AvgIpc) is 3.53. The molecule has 8 nitrogen and oxygen atoms in total. The molecule has 1 aromatic heterocycles. The number of ether oxygens (including phenoxy) is 1. The molecule has 5 aromatic rings. The van der Waals surface area contributed by atoms with Gasteiger partial charge in [0.15, 0.2) is 5.13 Å². The fourth-order valence-corrected chi connectivity index (χ4v) is 5.88. The van der Waals surface area contributed by atoms with Crippen molar-refractivity contribution in [2.24, 2.45) is 0 Å². The zero-order valence-corrected chi connectivity index (χ0v) is 26.9. The second-order valence-corrected chi connectivity index (χ2v) is 12.0. The molecule has 232 valence electrons. The summed E-state index contributed by atoms with van der Waals surface area (Å²) < 4.78 is 5.49. The Kier molecular flexibility index (Phi) is 11.0. The molecule has 4 aromatic carbocycles. The summed E-state index contributed by atoms with van der Waals surface area (Å²) in [4.78, 5) is 44.4. The molecule has 0 saturated heterocycles. The quantitative estimate of drug-likeness (QED) is 0.0947. The van der Waals surface area contributed by atoms with Gasteiger partial charge < -0.3 is 20.7 Å². The Balaban J connectivity index is 1.20. The van der Waals surface area contributed by atoms with Crippen LogP contribution in [0.15, 0.2) is 119 Å². The number of rotatable bonds is 12. The fraction of sp³-hybridized carbons (Fsp3) is 0.111. The number of anilines is 2. The Morgan fingerprint density at radius 1 is 0.891 bits per heavy atom. The maximum absolute atomic E-state index is 13.4. The van der Waals surface area contributed by atoms with E-state index in [1.165, 1.54) is 23.1 Å². The molecule has 0 saturated carbocycles. The highest BCUT2D eigenvalue weighted by molar-refractivity contribution is 8.00. The summed E-state index contributed by atoms with van der Waals surface area (Å²) in [6, 6.07) is 31.2. The maximum Gasteiger partial charge on any atom is 0.272 e. The van der Waals surface area contributed by atoms with Gasteiger partial charge in [-0.05, 0) is 80.1 Å². The van der Waals surface area contributed by atoms with E-state index in [1.807, 2.05) is 79.9 Å². The lowest BCUT2D eigenvalue weighted by molar-refractivity contribution is -0.114. The van der Waals surface area contributed by atoms with Crippen LogP contribution in [0, 0.1) is 6.92 Å². The van der Waals surface area contributed by atoms with Crippen LogP contribution in [0.5, 0.6) is 5.75 Å². The maximum atomic E-state index is 13.4. The zero-order valence-electron chi connectivity index (χ0n) is 25.3. The van der Waals surface area contributed by atoms with E-state index in [9.17, 15) is 14.4 Å². The number of thioether (sulfide) groups is 1. The molecular formula is C36H32N4O4S2. The van der Waals surface area contributed by atoms with Crippen molar-refractivity contribution in [3.63, 3.8) is 0 Å². The van der Waals surface area contributed by atoms with Gasteiger partial charge in [-0.25, -0.2) is 4.98 Å². The van der Waals surface area contributed by atoms with Crippen LogP contribution in [-0.4, -0.2) is 35.1 Å². The number of benzene rings is 4. The number of hydrogen-bond acceptors (Lipinski definition) is 7. The Morgan fingerprint density at radius 3 is 2.43 bits per heavy atom. The predicted molar refractivity (Wildman–Crippen MR) is 186 cm³/mol. The van der Waals surface area contributed by atoms with Crippen molar-refractivity contribution in [1.29, 1.82) is 0 Å². The molecule has 1 heterocycles. The second kappa shape index (κ2) is 15.7. The fourth-order valence-electron chi connectivity index (χ4n) is 4.39. The number of nitrogens with zero attached hydrogens (tertiary/aromatic N) is 1. The van der Waals surface area contributed by atoms with Gasteiger partial charge in [-0.3, -0.25) is 14.4 Å². The smallest absolute Gasteiger partial charge is 0.272 e. The minimum absolute atomic E-state index is 0.102. The minimum atomic E-state index is -0.474. The van der Waals surface area contributed by atoms with Crippen LogP contribution < -0.4 is 20.7 Å². The normalized spacial score (nSPS) is 11.0. The van der Waals surface area contributed by atoms with E-state index in [2.05, 4.69) is 20.9 Å². The molecule has 0 bridgehead atoms. The first-order valence-electron chi connectivity index (χ1n) is 14.5. The van der Waals surface area contributed by atoms with E-state index < -0.39 is 11.8 Å². The van der Waals surface area contributed by atoms with Crippen LogP contribution in [0.1, 0.15) is 28.4 Å². The van der Waals surface area contributed by atoms with Gasteiger partial charge in [0.25, 0.3) is 11.8 Å². The summed E-state index contributed by atoms with van der Waals surface area (Å²) in [5.74, 6) is -0.112. The molecule has 5 rings (SSSR count). The number of aromatic nitrogens is 1. The Morgan fingerprint density at radius 2 is 1.67 bits per heavy atom. The number of carbonyl (C=O) groups is 3. The molecule has 0 aliphatic carbocycles. The highest BCUT2D eigenvalue weighted by Crippen LogP contribution is 2.27. The Hall–Kier alpha value is -5.19. The highest BCUT2D eigenvalue weighted by Gasteiger charge is 2.16. The lowest BCUT2D eigenvalue weighted by Crippen LogP contribution is -2.30. The zero-order chi connectivity index (χ0) is 32.3. The third kappa shape index (κ3) is 9.16. The van der Waals surface area contributed by atoms with Crippen LogP contribution in [0.3, 0.4) is 0 Å². The summed E-state index contributed by atoms with van der Waals surface area (Å²) in [7, 11) is 0. The molecular weight excluding hydrogens is 617 g/mol. The number of carbonyl (C=O) groups excluding carboxylic acids is 3. The SMILES string of the molecule is CCOc1ccc(-c2csc(NC(=O)CSc3cccc(NC(=O)/C(=C\c4cccc(C)c4)NC(=O)c4ccccc4)c3)n2)cc1. The predicted octanol–water partition coefficient (Wildman–Crippen LogP) is 7.66. The van der Waals surface area contributed by atoms with Gasteiger partial charge in [-0.1, -0.05) is 54.1 Å². The van der Waals surface area contributed by atoms with Crippen LogP contribution in [0.2, 0.25) is 0 Å². The summed E-state index contributed by atoms with van der Waals surface area (Å²) in [5, 5.41) is 10.9. The van der Waals surface area contributed by atoms with Gasteiger partial charge in [0.2, 0.25) is 5.91 Å². The van der Waals surface area contributed by atoms with Crippen molar-refractivity contribution in [2.45, 2.75) is 18.7 Å². The number of nitrogens with one attached hydrogen (secondary N) is 3. The van der Waals surface area contributed by atoms with Crippen molar-refractivity contribution >= 4 is 57.7 Å². The van der Waals surface area contributed by atoms with E-state index in [0.717, 1.165) is 33.0 Å². The minimum Gasteiger partial charge on any atom is -0.494 e. The molecule has 3 N–H and O–H groups in total. The lowest BCUT2D eigenvalue weighted by atomic mass is 10.1.